The van der Waals surface area contributed by atoms with E-state index in [0.29, 0.717) is 5.52 Å². The Morgan fingerprint density at radius 3 is 2.36 bits per heavy atom. The third kappa shape index (κ3) is 5.21. The Labute approximate surface area is 190 Å². The van der Waals surface area contributed by atoms with E-state index in [1.165, 1.54) is 22.8 Å². The van der Waals surface area contributed by atoms with Gasteiger partial charge in [-0.1, -0.05) is 60.7 Å². The lowest BCUT2D eigenvalue weighted by atomic mass is 10.1. The lowest BCUT2D eigenvalue weighted by Crippen LogP contribution is -2.32. The number of carbonyl (C=O) groups excluding carboxylic acids is 1. The Morgan fingerprint density at radius 1 is 1.00 bits per heavy atom. The van der Waals surface area contributed by atoms with E-state index in [2.05, 4.69) is 10.0 Å². The molecule has 4 aromatic rings. The van der Waals surface area contributed by atoms with Crippen LogP contribution >= 0.6 is 0 Å². The minimum absolute atomic E-state index is 0.0333. The number of carbonyl (C=O) groups is 1. The van der Waals surface area contributed by atoms with Crippen LogP contribution in [-0.2, 0) is 27.9 Å². The van der Waals surface area contributed by atoms with Crippen molar-refractivity contribution < 1.29 is 17.6 Å². The van der Waals surface area contributed by atoms with Gasteiger partial charge in [0.2, 0.25) is 15.9 Å². The highest BCUT2D eigenvalue weighted by molar-refractivity contribution is 7.89. The minimum atomic E-state index is -3.82. The van der Waals surface area contributed by atoms with Gasteiger partial charge in [-0.15, -0.1) is 0 Å². The maximum atomic E-state index is 12.7. The lowest BCUT2D eigenvalue weighted by Gasteiger charge is -2.14. The number of aromatic nitrogens is 1. The molecule has 0 fully saturated rings. The zero-order valence-corrected chi connectivity index (χ0v) is 18.7. The molecule has 0 radical (unpaired) electrons. The molecule has 0 aliphatic carbocycles. The van der Waals surface area contributed by atoms with Crippen LogP contribution in [0.25, 0.3) is 11.1 Å². The SMILES string of the molecule is C[C@H](NC(=O)Cn1c(=O)oc2cc(S(=O)(=O)NCc3ccccc3)ccc21)c1ccccc1. The van der Waals surface area contributed by atoms with Gasteiger partial charge < -0.3 is 9.73 Å². The molecule has 0 spiro atoms. The van der Waals surface area contributed by atoms with Crippen molar-refractivity contribution in [1.82, 2.24) is 14.6 Å². The highest BCUT2D eigenvalue weighted by Crippen LogP contribution is 2.19. The van der Waals surface area contributed by atoms with Gasteiger partial charge in [0.15, 0.2) is 5.58 Å². The molecule has 0 aliphatic rings. The van der Waals surface area contributed by atoms with E-state index in [1.54, 1.807) is 0 Å². The molecule has 4 rings (SSSR count). The fourth-order valence-electron chi connectivity index (χ4n) is 3.48. The van der Waals surface area contributed by atoms with Crippen molar-refractivity contribution >= 4 is 27.0 Å². The Hall–Kier alpha value is -3.69. The van der Waals surface area contributed by atoms with Crippen LogP contribution in [-0.4, -0.2) is 18.9 Å². The van der Waals surface area contributed by atoms with E-state index < -0.39 is 15.8 Å². The summed E-state index contributed by atoms with van der Waals surface area (Å²) in [6.45, 7) is 1.73. The quantitative estimate of drug-likeness (QED) is 0.416. The number of sulfonamides is 1. The first kappa shape index (κ1) is 22.5. The molecule has 1 atom stereocenters. The molecule has 0 aliphatic heterocycles. The molecular weight excluding hydrogens is 442 g/mol. The van der Waals surface area contributed by atoms with Gasteiger partial charge >= 0.3 is 5.76 Å². The number of hydrogen-bond donors (Lipinski definition) is 2. The summed E-state index contributed by atoms with van der Waals surface area (Å²) in [6.07, 6.45) is 0. The van der Waals surface area contributed by atoms with Crippen LogP contribution in [0.1, 0.15) is 24.1 Å². The van der Waals surface area contributed by atoms with Crippen molar-refractivity contribution in [2.75, 3.05) is 0 Å². The summed E-state index contributed by atoms with van der Waals surface area (Å²) in [5.74, 6) is -1.10. The van der Waals surface area contributed by atoms with Gasteiger partial charge in [0.1, 0.15) is 6.54 Å². The molecule has 0 bridgehead atoms. The molecule has 0 saturated carbocycles. The van der Waals surface area contributed by atoms with E-state index >= 15 is 0 Å². The summed E-state index contributed by atoms with van der Waals surface area (Å²) in [7, 11) is -3.82. The molecule has 0 unspecified atom stereocenters. The van der Waals surface area contributed by atoms with Gasteiger partial charge in [-0.2, -0.15) is 0 Å². The molecule has 33 heavy (non-hydrogen) atoms. The number of rotatable bonds is 8. The molecule has 2 N–H and O–H groups in total. The van der Waals surface area contributed by atoms with Crippen molar-refractivity contribution in [2.45, 2.75) is 31.0 Å². The van der Waals surface area contributed by atoms with E-state index in [1.807, 2.05) is 67.6 Å². The van der Waals surface area contributed by atoms with Gasteiger partial charge in [0, 0.05) is 12.6 Å². The van der Waals surface area contributed by atoms with Crippen LogP contribution < -0.4 is 15.8 Å². The summed E-state index contributed by atoms with van der Waals surface area (Å²) in [5, 5.41) is 2.85. The van der Waals surface area contributed by atoms with Gasteiger partial charge in [-0.25, -0.2) is 17.9 Å². The molecule has 3 aromatic carbocycles. The second kappa shape index (κ2) is 9.43. The van der Waals surface area contributed by atoms with Crippen molar-refractivity contribution in [3.05, 3.63) is 101 Å². The second-order valence-corrected chi connectivity index (χ2v) is 9.36. The van der Waals surface area contributed by atoms with Crippen molar-refractivity contribution in [3.63, 3.8) is 0 Å². The summed E-state index contributed by atoms with van der Waals surface area (Å²) in [5.41, 5.74) is 2.18. The predicted octanol–water partition coefficient (Wildman–Crippen LogP) is 2.95. The standard InChI is InChI=1S/C24H23N3O5S/c1-17(19-10-6-3-7-11-19)26-23(28)16-27-21-13-12-20(14-22(21)32-24(27)29)33(30,31)25-15-18-8-4-2-5-9-18/h2-14,17,25H,15-16H2,1H3,(H,26,28)/t17-/m0/s1. The fraction of sp³-hybridized carbons (Fsp3) is 0.167. The number of benzene rings is 3. The van der Waals surface area contributed by atoms with Crippen LogP contribution in [0.5, 0.6) is 0 Å². The average Bonchev–Trinajstić information content (AvgIpc) is 3.13. The van der Waals surface area contributed by atoms with E-state index in [9.17, 15) is 18.0 Å². The topological polar surface area (TPSA) is 110 Å². The molecule has 1 heterocycles. The molecule has 0 saturated heterocycles. The third-order valence-electron chi connectivity index (χ3n) is 5.24. The summed E-state index contributed by atoms with van der Waals surface area (Å²) in [4.78, 5) is 24.8. The van der Waals surface area contributed by atoms with Crippen molar-refractivity contribution in [1.29, 1.82) is 0 Å². The predicted molar refractivity (Wildman–Crippen MR) is 124 cm³/mol. The van der Waals surface area contributed by atoms with Crippen LogP contribution in [0, 0.1) is 0 Å². The maximum Gasteiger partial charge on any atom is 0.420 e. The number of nitrogens with zero attached hydrogens (tertiary/aromatic N) is 1. The van der Waals surface area contributed by atoms with Crippen molar-refractivity contribution in [3.8, 4) is 0 Å². The fourth-order valence-corrected chi connectivity index (χ4v) is 4.51. The van der Waals surface area contributed by atoms with Gasteiger partial charge in [-0.3, -0.25) is 9.36 Å². The molecule has 9 heteroatoms. The van der Waals surface area contributed by atoms with E-state index in [0.717, 1.165) is 11.1 Å². The molecule has 1 aromatic heterocycles. The smallest absolute Gasteiger partial charge is 0.408 e. The zero-order valence-electron chi connectivity index (χ0n) is 17.9. The van der Waals surface area contributed by atoms with Crippen LogP contribution in [0.2, 0.25) is 0 Å². The first-order valence-electron chi connectivity index (χ1n) is 10.3. The Bertz CT molecular complexity index is 1430. The van der Waals surface area contributed by atoms with Crippen LogP contribution in [0.4, 0.5) is 0 Å². The molecule has 8 nitrogen and oxygen atoms in total. The summed E-state index contributed by atoms with van der Waals surface area (Å²) >= 11 is 0. The second-order valence-electron chi connectivity index (χ2n) is 7.59. The maximum absolute atomic E-state index is 12.7. The van der Waals surface area contributed by atoms with Crippen LogP contribution in [0.15, 0.2) is 93.0 Å². The normalized spacial score (nSPS) is 12.5. The number of fused-ring (bicyclic) bond motifs is 1. The van der Waals surface area contributed by atoms with Gasteiger partial charge in [-0.05, 0) is 30.2 Å². The number of oxazole rings is 1. The van der Waals surface area contributed by atoms with E-state index in [4.69, 9.17) is 4.42 Å². The summed E-state index contributed by atoms with van der Waals surface area (Å²) < 4.78 is 34.3. The lowest BCUT2D eigenvalue weighted by molar-refractivity contribution is -0.122. The first-order chi connectivity index (χ1) is 15.8. The highest BCUT2D eigenvalue weighted by Gasteiger charge is 2.19. The van der Waals surface area contributed by atoms with Gasteiger partial charge in [0.25, 0.3) is 0 Å². The Balaban J connectivity index is 1.50. The molecule has 170 valence electrons. The number of hydrogen-bond acceptors (Lipinski definition) is 5. The van der Waals surface area contributed by atoms with Crippen molar-refractivity contribution in [2.24, 2.45) is 0 Å². The Morgan fingerprint density at radius 2 is 1.67 bits per heavy atom. The largest absolute Gasteiger partial charge is 0.420 e. The number of amides is 1. The summed E-state index contributed by atoms with van der Waals surface area (Å²) in [6, 6.07) is 22.5. The third-order valence-corrected chi connectivity index (χ3v) is 6.64. The minimum Gasteiger partial charge on any atom is -0.408 e. The Kier molecular flexibility index (Phi) is 6.43. The first-order valence-corrected chi connectivity index (χ1v) is 11.8. The monoisotopic (exact) mass is 465 g/mol. The average molecular weight is 466 g/mol. The molecule has 1 amide bonds. The number of nitrogens with one attached hydrogen (secondary N) is 2. The molecular formula is C24H23N3O5S. The van der Waals surface area contributed by atoms with Gasteiger partial charge in [0.05, 0.1) is 16.5 Å². The highest BCUT2D eigenvalue weighted by atomic mass is 32.2. The van der Waals surface area contributed by atoms with Crippen LogP contribution in [0.3, 0.4) is 0 Å². The van der Waals surface area contributed by atoms with E-state index in [-0.39, 0.29) is 35.5 Å². The zero-order chi connectivity index (χ0) is 23.4.